The van der Waals surface area contributed by atoms with Crippen LogP contribution in [0, 0.1) is 17.0 Å². The van der Waals surface area contributed by atoms with Gasteiger partial charge in [-0.3, -0.25) is 10.1 Å². The minimum atomic E-state index is -0.703. The molecule has 0 heterocycles. The van der Waals surface area contributed by atoms with Crippen molar-refractivity contribution in [3.8, 4) is 5.75 Å². The molecule has 0 bridgehead atoms. The number of benzene rings is 2. The van der Waals surface area contributed by atoms with Crippen LogP contribution in [0.15, 0.2) is 47.6 Å². The minimum absolute atomic E-state index is 0.121. The summed E-state index contributed by atoms with van der Waals surface area (Å²) < 4.78 is 0. The first kappa shape index (κ1) is 16.0. The zero-order valence-corrected chi connectivity index (χ0v) is 12.2. The fourth-order valence-electron chi connectivity index (χ4n) is 1.82. The van der Waals surface area contributed by atoms with Gasteiger partial charge in [-0.25, -0.2) is 10.2 Å². The highest BCUT2D eigenvalue weighted by molar-refractivity contribution is 5.91. The van der Waals surface area contributed by atoms with Crippen molar-refractivity contribution in [1.29, 1.82) is 0 Å². The molecule has 0 saturated heterocycles. The van der Waals surface area contributed by atoms with Gasteiger partial charge in [-0.15, -0.1) is 0 Å². The van der Waals surface area contributed by atoms with Crippen LogP contribution in [0.5, 0.6) is 5.75 Å². The third-order valence-electron chi connectivity index (χ3n) is 3.01. The Morgan fingerprint density at radius 1 is 1.26 bits per heavy atom. The molecular weight excluding hydrogens is 300 g/mol. The Morgan fingerprint density at radius 3 is 2.70 bits per heavy atom. The van der Waals surface area contributed by atoms with E-state index in [2.05, 4.69) is 15.8 Å². The number of nitrogens with zero attached hydrogens (tertiary/aromatic N) is 2. The second-order valence-corrected chi connectivity index (χ2v) is 4.61. The number of nitro groups is 1. The maximum Gasteiger partial charge on any atom is 0.339 e. The van der Waals surface area contributed by atoms with Gasteiger partial charge in [-0.2, -0.15) is 5.10 Å². The van der Waals surface area contributed by atoms with Crippen LogP contribution < -0.4 is 10.7 Å². The molecule has 0 atom stereocenters. The summed E-state index contributed by atoms with van der Waals surface area (Å²) in [4.78, 5) is 21.7. The molecule has 2 rings (SSSR count). The summed E-state index contributed by atoms with van der Waals surface area (Å²) in [6.45, 7) is 1.85. The van der Waals surface area contributed by atoms with Crippen molar-refractivity contribution >= 4 is 23.6 Å². The standard InChI is InChI=1S/C15H14N4O4/c1-10-5-2-3-7-12(10)17-15(21)18-16-9-11-6-4-8-13(14(11)20)19(22)23/h2-9,20H,1H3,(H2,17,18,21). The molecule has 0 aliphatic heterocycles. The van der Waals surface area contributed by atoms with Gasteiger partial charge in [-0.1, -0.05) is 24.3 Å². The minimum Gasteiger partial charge on any atom is -0.502 e. The predicted octanol–water partition coefficient (Wildman–Crippen LogP) is 2.76. The van der Waals surface area contributed by atoms with E-state index in [1.807, 2.05) is 19.1 Å². The summed E-state index contributed by atoms with van der Waals surface area (Å²) in [5, 5.41) is 26.7. The first-order chi connectivity index (χ1) is 11.0. The van der Waals surface area contributed by atoms with Crippen LogP contribution in [0.1, 0.15) is 11.1 Å². The van der Waals surface area contributed by atoms with E-state index in [4.69, 9.17) is 0 Å². The van der Waals surface area contributed by atoms with E-state index in [0.29, 0.717) is 5.69 Å². The van der Waals surface area contributed by atoms with Crippen molar-refractivity contribution in [2.45, 2.75) is 6.92 Å². The quantitative estimate of drug-likeness (QED) is 0.457. The van der Waals surface area contributed by atoms with Crippen LogP contribution in [-0.4, -0.2) is 22.3 Å². The number of nitro benzene ring substituents is 1. The van der Waals surface area contributed by atoms with Crippen molar-refractivity contribution in [2.24, 2.45) is 5.10 Å². The number of nitrogens with one attached hydrogen (secondary N) is 2. The van der Waals surface area contributed by atoms with Crippen LogP contribution in [0.3, 0.4) is 0 Å². The summed E-state index contributed by atoms with van der Waals surface area (Å²) in [6, 6.07) is 10.7. The van der Waals surface area contributed by atoms with Crippen molar-refractivity contribution in [2.75, 3.05) is 5.32 Å². The number of amides is 2. The van der Waals surface area contributed by atoms with E-state index < -0.39 is 22.4 Å². The number of hydrazone groups is 1. The van der Waals surface area contributed by atoms with Crippen LogP contribution in [-0.2, 0) is 0 Å². The number of carbonyl (C=O) groups excluding carboxylic acids is 1. The van der Waals surface area contributed by atoms with Crippen LogP contribution in [0.4, 0.5) is 16.2 Å². The van der Waals surface area contributed by atoms with Crippen LogP contribution in [0.25, 0.3) is 0 Å². The molecule has 0 unspecified atom stereocenters. The van der Waals surface area contributed by atoms with E-state index in [1.165, 1.54) is 18.2 Å². The number of phenols is 1. The molecule has 118 valence electrons. The van der Waals surface area contributed by atoms with Gasteiger partial charge < -0.3 is 10.4 Å². The number of aryl methyl sites for hydroxylation is 1. The molecule has 2 aromatic carbocycles. The lowest BCUT2D eigenvalue weighted by molar-refractivity contribution is -0.385. The van der Waals surface area contributed by atoms with Gasteiger partial charge in [0, 0.05) is 17.3 Å². The summed E-state index contributed by atoms with van der Waals surface area (Å²) in [6.07, 6.45) is 1.12. The summed E-state index contributed by atoms with van der Waals surface area (Å²) >= 11 is 0. The van der Waals surface area contributed by atoms with Gasteiger partial charge >= 0.3 is 11.7 Å². The smallest absolute Gasteiger partial charge is 0.339 e. The van der Waals surface area contributed by atoms with E-state index in [9.17, 15) is 20.0 Å². The van der Waals surface area contributed by atoms with E-state index >= 15 is 0 Å². The Balaban J connectivity index is 2.02. The number of anilines is 1. The second-order valence-electron chi connectivity index (χ2n) is 4.61. The monoisotopic (exact) mass is 314 g/mol. The van der Waals surface area contributed by atoms with Gasteiger partial charge in [0.25, 0.3) is 0 Å². The molecule has 0 aromatic heterocycles. The Morgan fingerprint density at radius 2 is 2.00 bits per heavy atom. The third kappa shape index (κ3) is 4.03. The number of rotatable bonds is 4. The average Bonchev–Trinajstić information content (AvgIpc) is 2.51. The SMILES string of the molecule is Cc1ccccc1NC(=O)NN=Cc1cccc([N+](=O)[O-])c1O. The molecule has 23 heavy (non-hydrogen) atoms. The molecule has 2 amide bonds. The van der Waals surface area contributed by atoms with Gasteiger partial charge in [0.1, 0.15) is 0 Å². The number of para-hydroxylation sites is 2. The number of hydrogen-bond donors (Lipinski definition) is 3. The predicted molar refractivity (Wildman–Crippen MR) is 85.7 cm³/mol. The van der Waals surface area contributed by atoms with Crippen molar-refractivity contribution in [3.63, 3.8) is 0 Å². The largest absolute Gasteiger partial charge is 0.502 e. The maximum atomic E-state index is 11.7. The zero-order chi connectivity index (χ0) is 16.8. The van der Waals surface area contributed by atoms with Crippen LogP contribution >= 0.6 is 0 Å². The average molecular weight is 314 g/mol. The highest BCUT2D eigenvalue weighted by atomic mass is 16.6. The highest BCUT2D eigenvalue weighted by Gasteiger charge is 2.15. The second kappa shape index (κ2) is 7.03. The molecular formula is C15H14N4O4. The molecule has 0 aliphatic carbocycles. The van der Waals surface area contributed by atoms with Crippen molar-refractivity contribution < 1.29 is 14.8 Å². The van der Waals surface area contributed by atoms with Gasteiger partial charge in [0.05, 0.1) is 11.1 Å². The molecule has 3 N–H and O–H groups in total. The number of carbonyl (C=O) groups is 1. The molecule has 0 saturated carbocycles. The Hall–Kier alpha value is -3.42. The summed E-state index contributed by atoms with van der Waals surface area (Å²) in [5.41, 5.74) is 3.44. The van der Waals surface area contributed by atoms with E-state index in [1.54, 1.807) is 12.1 Å². The maximum absolute atomic E-state index is 11.7. The topological polar surface area (TPSA) is 117 Å². The molecule has 0 fully saturated rings. The Bertz CT molecular complexity index is 774. The van der Waals surface area contributed by atoms with Crippen molar-refractivity contribution in [3.05, 3.63) is 63.7 Å². The molecule has 8 heteroatoms. The molecule has 0 aliphatic rings. The Labute approximate surface area is 131 Å². The highest BCUT2D eigenvalue weighted by Crippen LogP contribution is 2.27. The molecule has 0 radical (unpaired) electrons. The third-order valence-corrected chi connectivity index (χ3v) is 3.01. The molecule has 2 aromatic rings. The van der Waals surface area contributed by atoms with E-state index in [0.717, 1.165) is 11.8 Å². The fourth-order valence-corrected chi connectivity index (χ4v) is 1.82. The first-order valence-electron chi connectivity index (χ1n) is 6.61. The fraction of sp³-hybridized carbons (Fsp3) is 0.0667. The summed E-state index contributed by atoms with van der Waals surface area (Å²) in [7, 11) is 0. The van der Waals surface area contributed by atoms with Gasteiger partial charge in [0.15, 0.2) is 0 Å². The number of aromatic hydroxyl groups is 1. The lowest BCUT2D eigenvalue weighted by Crippen LogP contribution is -2.24. The number of phenolic OH excluding ortho intramolecular Hbond substituents is 1. The van der Waals surface area contributed by atoms with Crippen LogP contribution in [0.2, 0.25) is 0 Å². The van der Waals surface area contributed by atoms with Gasteiger partial charge in [-0.05, 0) is 24.6 Å². The van der Waals surface area contributed by atoms with E-state index in [-0.39, 0.29) is 5.56 Å². The summed E-state index contributed by atoms with van der Waals surface area (Å²) in [5.74, 6) is -0.512. The lowest BCUT2D eigenvalue weighted by atomic mass is 10.2. The number of urea groups is 1. The zero-order valence-electron chi connectivity index (χ0n) is 12.2. The van der Waals surface area contributed by atoms with Crippen molar-refractivity contribution in [1.82, 2.24) is 5.43 Å². The molecule has 0 spiro atoms. The Kier molecular flexibility index (Phi) is 4.88. The van der Waals surface area contributed by atoms with Gasteiger partial charge in [0.2, 0.25) is 5.75 Å². The lowest BCUT2D eigenvalue weighted by Gasteiger charge is -2.06. The number of hydrogen-bond acceptors (Lipinski definition) is 5. The first-order valence-corrected chi connectivity index (χ1v) is 6.61. The normalized spacial score (nSPS) is 10.5. The molecule has 8 nitrogen and oxygen atoms in total.